The van der Waals surface area contributed by atoms with Gasteiger partial charge in [-0.2, -0.15) is 0 Å². The van der Waals surface area contributed by atoms with Crippen LogP contribution in [0, 0.1) is 5.92 Å². The highest BCUT2D eigenvalue weighted by Gasteiger charge is 2.38. The van der Waals surface area contributed by atoms with E-state index in [1.165, 1.54) is 44.9 Å². The molecule has 1 heterocycles. The van der Waals surface area contributed by atoms with E-state index in [-0.39, 0.29) is 5.60 Å². The van der Waals surface area contributed by atoms with Crippen molar-refractivity contribution >= 4 is 0 Å². The van der Waals surface area contributed by atoms with Crippen LogP contribution in [0.4, 0.5) is 0 Å². The quantitative estimate of drug-likeness (QED) is 0.763. The van der Waals surface area contributed by atoms with Crippen molar-refractivity contribution in [1.82, 2.24) is 0 Å². The highest BCUT2D eigenvalue weighted by molar-refractivity contribution is 5.07. The van der Waals surface area contributed by atoms with Crippen LogP contribution in [0.25, 0.3) is 0 Å². The van der Waals surface area contributed by atoms with Crippen molar-refractivity contribution in [1.29, 1.82) is 0 Å². The number of nitrogens with two attached hydrogens (primary N) is 1. The Bertz CT molecular complexity index is 261. The topological polar surface area (TPSA) is 35.2 Å². The molecular formula is C15H27NO. The Labute approximate surface area is 106 Å². The van der Waals surface area contributed by atoms with E-state index in [1.54, 1.807) is 5.57 Å². The first-order chi connectivity index (χ1) is 8.26. The second-order valence-electron chi connectivity index (χ2n) is 5.81. The fourth-order valence-corrected chi connectivity index (χ4v) is 3.44. The van der Waals surface area contributed by atoms with E-state index in [4.69, 9.17) is 10.5 Å². The standard InChI is InChI=1S/C15H27NO/c1-13(6-5-10-16)14-7-11-17-15(12-14)8-3-2-4-9-15/h6,14H,2-5,7-12,16H2,1H3. The highest BCUT2D eigenvalue weighted by atomic mass is 16.5. The van der Waals surface area contributed by atoms with E-state index in [0.29, 0.717) is 0 Å². The van der Waals surface area contributed by atoms with Crippen molar-refractivity contribution in [2.75, 3.05) is 13.2 Å². The molecule has 0 radical (unpaired) electrons. The predicted molar refractivity (Wildman–Crippen MR) is 71.9 cm³/mol. The minimum Gasteiger partial charge on any atom is -0.375 e. The lowest BCUT2D eigenvalue weighted by Gasteiger charge is -2.44. The summed E-state index contributed by atoms with van der Waals surface area (Å²) in [6.45, 7) is 4.01. The molecule has 1 spiro atoms. The van der Waals surface area contributed by atoms with Gasteiger partial charge in [0.15, 0.2) is 0 Å². The van der Waals surface area contributed by atoms with Crippen molar-refractivity contribution in [3.63, 3.8) is 0 Å². The molecular weight excluding hydrogens is 210 g/mol. The molecule has 1 aliphatic carbocycles. The van der Waals surface area contributed by atoms with Crippen LogP contribution in [-0.2, 0) is 4.74 Å². The highest BCUT2D eigenvalue weighted by Crippen LogP contribution is 2.42. The molecule has 1 atom stereocenters. The van der Waals surface area contributed by atoms with E-state index in [9.17, 15) is 0 Å². The Kier molecular flexibility index (Phi) is 4.63. The molecule has 2 N–H and O–H groups in total. The van der Waals surface area contributed by atoms with Gasteiger partial charge >= 0.3 is 0 Å². The van der Waals surface area contributed by atoms with Crippen LogP contribution in [0.5, 0.6) is 0 Å². The Morgan fingerprint density at radius 3 is 2.82 bits per heavy atom. The molecule has 1 aliphatic heterocycles. The maximum Gasteiger partial charge on any atom is 0.0688 e. The van der Waals surface area contributed by atoms with Crippen LogP contribution in [0.15, 0.2) is 11.6 Å². The Hall–Kier alpha value is -0.340. The first kappa shape index (κ1) is 13.1. The number of ether oxygens (including phenoxy) is 1. The fraction of sp³-hybridized carbons (Fsp3) is 0.867. The number of hydrogen-bond acceptors (Lipinski definition) is 2. The summed E-state index contributed by atoms with van der Waals surface area (Å²) < 4.78 is 6.14. The molecule has 0 aromatic heterocycles. The summed E-state index contributed by atoms with van der Waals surface area (Å²) in [6, 6.07) is 0. The molecule has 1 saturated carbocycles. The second-order valence-corrected chi connectivity index (χ2v) is 5.81. The van der Waals surface area contributed by atoms with Crippen LogP contribution >= 0.6 is 0 Å². The average molecular weight is 237 g/mol. The maximum absolute atomic E-state index is 6.14. The predicted octanol–water partition coefficient (Wildman–Crippen LogP) is 3.41. The van der Waals surface area contributed by atoms with Gasteiger partial charge in [0.25, 0.3) is 0 Å². The lowest BCUT2D eigenvalue weighted by molar-refractivity contribution is -0.112. The summed E-state index contributed by atoms with van der Waals surface area (Å²) in [6.07, 6.45) is 12.5. The van der Waals surface area contributed by atoms with Crippen molar-refractivity contribution < 1.29 is 4.74 Å². The molecule has 0 bridgehead atoms. The van der Waals surface area contributed by atoms with Gasteiger partial charge in [0.2, 0.25) is 0 Å². The fourth-order valence-electron chi connectivity index (χ4n) is 3.44. The molecule has 17 heavy (non-hydrogen) atoms. The van der Waals surface area contributed by atoms with E-state index < -0.39 is 0 Å². The van der Waals surface area contributed by atoms with Gasteiger partial charge in [-0.25, -0.2) is 0 Å². The van der Waals surface area contributed by atoms with Crippen molar-refractivity contribution in [3.8, 4) is 0 Å². The second kappa shape index (κ2) is 6.01. The van der Waals surface area contributed by atoms with Crippen LogP contribution in [0.2, 0.25) is 0 Å². The van der Waals surface area contributed by atoms with Gasteiger partial charge in [-0.05, 0) is 51.5 Å². The minimum atomic E-state index is 0.235. The Morgan fingerprint density at radius 1 is 1.35 bits per heavy atom. The van der Waals surface area contributed by atoms with Crippen LogP contribution < -0.4 is 5.73 Å². The minimum absolute atomic E-state index is 0.235. The summed E-state index contributed by atoms with van der Waals surface area (Å²) in [5, 5.41) is 0. The van der Waals surface area contributed by atoms with Crippen molar-refractivity contribution in [2.24, 2.45) is 11.7 Å². The summed E-state index contributed by atoms with van der Waals surface area (Å²) >= 11 is 0. The van der Waals surface area contributed by atoms with E-state index in [2.05, 4.69) is 13.0 Å². The van der Waals surface area contributed by atoms with Crippen LogP contribution in [-0.4, -0.2) is 18.8 Å². The summed E-state index contributed by atoms with van der Waals surface area (Å²) in [5.74, 6) is 0.744. The lowest BCUT2D eigenvalue weighted by atomic mass is 9.74. The molecule has 2 nitrogen and oxygen atoms in total. The average Bonchev–Trinajstić information content (AvgIpc) is 2.37. The van der Waals surface area contributed by atoms with E-state index in [1.807, 2.05) is 0 Å². The van der Waals surface area contributed by atoms with Crippen LogP contribution in [0.3, 0.4) is 0 Å². The van der Waals surface area contributed by atoms with Crippen molar-refractivity contribution in [3.05, 3.63) is 11.6 Å². The number of rotatable bonds is 3. The molecule has 2 heteroatoms. The monoisotopic (exact) mass is 237 g/mol. The van der Waals surface area contributed by atoms with Gasteiger partial charge in [0.05, 0.1) is 5.60 Å². The smallest absolute Gasteiger partial charge is 0.0688 e. The molecule has 0 aromatic carbocycles. The largest absolute Gasteiger partial charge is 0.375 e. The zero-order chi connectivity index (χ0) is 12.1. The van der Waals surface area contributed by atoms with Gasteiger partial charge in [-0.1, -0.05) is 30.9 Å². The van der Waals surface area contributed by atoms with Gasteiger partial charge in [0.1, 0.15) is 0 Å². The van der Waals surface area contributed by atoms with Crippen LogP contribution in [0.1, 0.15) is 58.3 Å². The number of hydrogen-bond donors (Lipinski definition) is 1. The first-order valence-corrected chi connectivity index (χ1v) is 7.26. The maximum atomic E-state index is 6.14. The van der Waals surface area contributed by atoms with Crippen molar-refractivity contribution in [2.45, 2.75) is 63.9 Å². The molecule has 1 saturated heterocycles. The van der Waals surface area contributed by atoms with Gasteiger partial charge in [-0.15, -0.1) is 0 Å². The first-order valence-electron chi connectivity index (χ1n) is 7.26. The van der Waals surface area contributed by atoms with Gasteiger partial charge < -0.3 is 10.5 Å². The SMILES string of the molecule is CC(=CCCN)C1CCOC2(CCCCC2)C1. The number of allylic oxidation sites excluding steroid dienone is 1. The lowest BCUT2D eigenvalue weighted by Crippen LogP contribution is -2.41. The molecule has 0 aromatic rings. The Balaban J connectivity index is 1.96. The summed E-state index contributed by atoms with van der Waals surface area (Å²) in [5.41, 5.74) is 7.35. The van der Waals surface area contributed by atoms with Gasteiger partial charge in [-0.3, -0.25) is 0 Å². The molecule has 2 fully saturated rings. The van der Waals surface area contributed by atoms with E-state index >= 15 is 0 Å². The molecule has 0 amide bonds. The molecule has 2 aliphatic rings. The zero-order valence-electron chi connectivity index (χ0n) is 11.2. The molecule has 1 unspecified atom stereocenters. The molecule has 2 rings (SSSR count). The summed E-state index contributed by atoms with van der Waals surface area (Å²) in [7, 11) is 0. The summed E-state index contributed by atoms with van der Waals surface area (Å²) in [4.78, 5) is 0. The third kappa shape index (κ3) is 3.32. The Morgan fingerprint density at radius 2 is 2.12 bits per heavy atom. The third-order valence-corrected chi connectivity index (χ3v) is 4.53. The van der Waals surface area contributed by atoms with Gasteiger partial charge in [0, 0.05) is 6.61 Å². The van der Waals surface area contributed by atoms with E-state index in [0.717, 1.165) is 25.5 Å². The normalized spacial score (nSPS) is 29.5. The third-order valence-electron chi connectivity index (χ3n) is 4.53. The molecule has 98 valence electrons. The zero-order valence-corrected chi connectivity index (χ0v) is 11.2.